The van der Waals surface area contributed by atoms with Crippen molar-refractivity contribution in [1.82, 2.24) is 4.31 Å². The van der Waals surface area contributed by atoms with Gasteiger partial charge < -0.3 is 10.1 Å². The van der Waals surface area contributed by atoms with Gasteiger partial charge in [0.25, 0.3) is 0 Å². The standard InChI is InChI=1S/C15H22N2O4S/c1-12-4-3-9-17(10-12)22(19,20)14-7-5-13(6-8-14)16-15(18)11-21-2/h5-8,12H,3-4,9-11H2,1-2H3,(H,16,18). The molecule has 1 amide bonds. The number of ether oxygens (including phenoxy) is 1. The molecule has 0 saturated carbocycles. The lowest BCUT2D eigenvalue weighted by Gasteiger charge is -2.30. The number of rotatable bonds is 5. The third-order valence-electron chi connectivity index (χ3n) is 3.67. The van der Waals surface area contributed by atoms with E-state index in [0.29, 0.717) is 24.7 Å². The number of hydrogen-bond donors (Lipinski definition) is 1. The number of methoxy groups -OCH3 is 1. The van der Waals surface area contributed by atoms with Crippen molar-refractivity contribution in [2.45, 2.75) is 24.7 Å². The zero-order valence-corrected chi connectivity index (χ0v) is 13.7. The van der Waals surface area contributed by atoms with E-state index >= 15 is 0 Å². The number of sulfonamides is 1. The number of carbonyl (C=O) groups is 1. The maximum Gasteiger partial charge on any atom is 0.250 e. The number of nitrogens with one attached hydrogen (secondary N) is 1. The second-order valence-electron chi connectivity index (χ2n) is 5.62. The molecule has 122 valence electrons. The van der Waals surface area contributed by atoms with Crippen molar-refractivity contribution in [3.8, 4) is 0 Å². The van der Waals surface area contributed by atoms with Gasteiger partial charge in [-0.1, -0.05) is 6.92 Å². The van der Waals surface area contributed by atoms with Gasteiger partial charge in [0, 0.05) is 25.9 Å². The summed E-state index contributed by atoms with van der Waals surface area (Å²) in [5.41, 5.74) is 0.549. The number of benzene rings is 1. The summed E-state index contributed by atoms with van der Waals surface area (Å²) in [7, 11) is -2.02. The molecule has 6 nitrogen and oxygen atoms in total. The third-order valence-corrected chi connectivity index (χ3v) is 5.55. The lowest BCUT2D eigenvalue weighted by Crippen LogP contribution is -2.39. The average Bonchev–Trinajstić information content (AvgIpc) is 2.48. The van der Waals surface area contributed by atoms with Gasteiger partial charge in [-0.2, -0.15) is 4.31 Å². The average molecular weight is 326 g/mol. The Morgan fingerprint density at radius 3 is 2.64 bits per heavy atom. The highest BCUT2D eigenvalue weighted by Gasteiger charge is 2.28. The summed E-state index contributed by atoms with van der Waals surface area (Å²) < 4.78 is 31.4. The molecule has 2 rings (SSSR count). The highest BCUT2D eigenvalue weighted by Crippen LogP contribution is 2.24. The van der Waals surface area contributed by atoms with E-state index in [1.54, 1.807) is 16.4 Å². The van der Waals surface area contributed by atoms with Crippen LogP contribution in [-0.2, 0) is 19.6 Å². The van der Waals surface area contributed by atoms with Crippen LogP contribution in [0.3, 0.4) is 0 Å². The molecule has 1 aromatic carbocycles. The summed E-state index contributed by atoms with van der Waals surface area (Å²) in [5.74, 6) is 0.110. The molecule has 1 heterocycles. The van der Waals surface area contributed by atoms with Crippen LogP contribution in [0.4, 0.5) is 5.69 Å². The maximum atomic E-state index is 12.6. The fourth-order valence-electron chi connectivity index (χ4n) is 2.55. The van der Waals surface area contributed by atoms with E-state index in [1.165, 1.54) is 19.2 Å². The Morgan fingerprint density at radius 2 is 2.05 bits per heavy atom. The molecule has 0 bridgehead atoms. The van der Waals surface area contributed by atoms with E-state index in [-0.39, 0.29) is 17.4 Å². The van der Waals surface area contributed by atoms with Crippen LogP contribution < -0.4 is 5.32 Å². The topological polar surface area (TPSA) is 75.7 Å². The Morgan fingerprint density at radius 1 is 1.36 bits per heavy atom. The van der Waals surface area contributed by atoms with Crippen molar-refractivity contribution in [1.29, 1.82) is 0 Å². The van der Waals surface area contributed by atoms with E-state index in [1.807, 2.05) is 0 Å². The normalized spacial score (nSPS) is 19.8. The highest BCUT2D eigenvalue weighted by atomic mass is 32.2. The molecule has 1 saturated heterocycles. The fraction of sp³-hybridized carbons (Fsp3) is 0.533. The number of hydrogen-bond acceptors (Lipinski definition) is 4. The Kier molecular flexibility index (Phi) is 5.55. The van der Waals surface area contributed by atoms with E-state index in [0.717, 1.165) is 12.8 Å². The predicted molar refractivity (Wildman–Crippen MR) is 84.1 cm³/mol. The largest absolute Gasteiger partial charge is 0.375 e. The van der Waals surface area contributed by atoms with Crippen LogP contribution >= 0.6 is 0 Å². The van der Waals surface area contributed by atoms with Gasteiger partial charge in [-0.3, -0.25) is 4.79 Å². The summed E-state index contributed by atoms with van der Waals surface area (Å²) in [6, 6.07) is 6.23. The molecule has 7 heteroatoms. The van der Waals surface area contributed by atoms with Crippen molar-refractivity contribution in [2.24, 2.45) is 5.92 Å². The highest BCUT2D eigenvalue weighted by molar-refractivity contribution is 7.89. The molecule has 0 aliphatic carbocycles. The first-order valence-electron chi connectivity index (χ1n) is 7.32. The van der Waals surface area contributed by atoms with Gasteiger partial charge in [0.15, 0.2) is 0 Å². The number of amides is 1. The summed E-state index contributed by atoms with van der Waals surface area (Å²) in [4.78, 5) is 11.7. The van der Waals surface area contributed by atoms with Crippen LogP contribution in [0.1, 0.15) is 19.8 Å². The van der Waals surface area contributed by atoms with Crippen molar-refractivity contribution in [3.63, 3.8) is 0 Å². The minimum atomic E-state index is -3.45. The number of anilines is 1. The van der Waals surface area contributed by atoms with Gasteiger partial charge in [-0.15, -0.1) is 0 Å². The van der Waals surface area contributed by atoms with Crippen molar-refractivity contribution < 1.29 is 17.9 Å². The van der Waals surface area contributed by atoms with Crippen LogP contribution in [0, 0.1) is 5.92 Å². The zero-order valence-electron chi connectivity index (χ0n) is 12.9. The number of carbonyl (C=O) groups excluding carboxylic acids is 1. The second kappa shape index (κ2) is 7.21. The van der Waals surface area contributed by atoms with Crippen LogP contribution in [-0.4, -0.2) is 45.4 Å². The smallest absolute Gasteiger partial charge is 0.250 e. The Balaban J connectivity index is 2.10. The summed E-state index contributed by atoms with van der Waals surface area (Å²) >= 11 is 0. The molecule has 1 aliphatic heterocycles. The van der Waals surface area contributed by atoms with E-state index < -0.39 is 10.0 Å². The van der Waals surface area contributed by atoms with Gasteiger partial charge in [-0.25, -0.2) is 8.42 Å². The molecule has 1 unspecified atom stereocenters. The monoisotopic (exact) mass is 326 g/mol. The lowest BCUT2D eigenvalue weighted by molar-refractivity contribution is -0.119. The van der Waals surface area contributed by atoms with Crippen molar-refractivity contribution >= 4 is 21.6 Å². The van der Waals surface area contributed by atoms with Gasteiger partial charge in [0.1, 0.15) is 6.61 Å². The Labute approximate surface area is 131 Å². The molecule has 1 N–H and O–H groups in total. The molecule has 1 fully saturated rings. The molecule has 0 aromatic heterocycles. The van der Waals surface area contributed by atoms with Crippen LogP contribution in [0.2, 0.25) is 0 Å². The first-order chi connectivity index (χ1) is 10.4. The predicted octanol–water partition coefficient (Wildman–Crippen LogP) is 1.69. The third kappa shape index (κ3) is 4.06. The van der Waals surface area contributed by atoms with Crippen LogP contribution in [0.15, 0.2) is 29.2 Å². The van der Waals surface area contributed by atoms with Gasteiger partial charge in [0.05, 0.1) is 4.90 Å². The quantitative estimate of drug-likeness (QED) is 0.893. The Hall–Kier alpha value is -1.44. The molecule has 22 heavy (non-hydrogen) atoms. The summed E-state index contributed by atoms with van der Waals surface area (Å²) in [5, 5.41) is 2.64. The molecular formula is C15H22N2O4S. The van der Waals surface area contributed by atoms with Gasteiger partial charge >= 0.3 is 0 Å². The maximum absolute atomic E-state index is 12.6. The minimum absolute atomic E-state index is 0.0360. The minimum Gasteiger partial charge on any atom is -0.375 e. The van der Waals surface area contributed by atoms with Gasteiger partial charge in [0.2, 0.25) is 15.9 Å². The van der Waals surface area contributed by atoms with E-state index in [2.05, 4.69) is 12.2 Å². The summed E-state index contributed by atoms with van der Waals surface area (Å²) in [6.45, 7) is 3.16. The van der Waals surface area contributed by atoms with Crippen molar-refractivity contribution in [2.75, 3.05) is 32.1 Å². The first kappa shape index (κ1) is 16.9. The fourth-order valence-corrected chi connectivity index (χ4v) is 4.15. The number of nitrogens with zero attached hydrogens (tertiary/aromatic N) is 1. The van der Waals surface area contributed by atoms with Crippen molar-refractivity contribution in [3.05, 3.63) is 24.3 Å². The van der Waals surface area contributed by atoms with E-state index in [9.17, 15) is 13.2 Å². The zero-order chi connectivity index (χ0) is 16.2. The Bertz CT molecular complexity index is 613. The van der Waals surface area contributed by atoms with Crippen LogP contribution in [0.5, 0.6) is 0 Å². The van der Waals surface area contributed by atoms with Gasteiger partial charge in [-0.05, 0) is 43.0 Å². The molecule has 1 aromatic rings. The van der Waals surface area contributed by atoms with E-state index in [4.69, 9.17) is 4.74 Å². The molecule has 1 atom stereocenters. The second-order valence-corrected chi connectivity index (χ2v) is 7.55. The summed E-state index contributed by atoms with van der Waals surface area (Å²) in [6.07, 6.45) is 1.96. The molecule has 0 spiro atoms. The molecular weight excluding hydrogens is 304 g/mol. The van der Waals surface area contributed by atoms with Crippen LogP contribution in [0.25, 0.3) is 0 Å². The number of piperidine rings is 1. The first-order valence-corrected chi connectivity index (χ1v) is 8.76. The molecule has 1 aliphatic rings. The lowest BCUT2D eigenvalue weighted by atomic mass is 10.0. The SMILES string of the molecule is COCC(=O)Nc1ccc(S(=O)(=O)N2CCCC(C)C2)cc1. The molecule has 0 radical (unpaired) electrons.